The molecule has 0 fully saturated rings. The third-order valence-electron chi connectivity index (χ3n) is 4.68. The molecule has 1 N–H and O–H groups in total. The van der Waals surface area contributed by atoms with Gasteiger partial charge in [-0.3, -0.25) is 4.79 Å². The number of amides is 1. The summed E-state index contributed by atoms with van der Waals surface area (Å²) in [7, 11) is 0. The predicted molar refractivity (Wildman–Crippen MR) is 119 cm³/mol. The maximum absolute atomic E-state index is 12.3. The van der Waals surface area contributed by atoms with E-state index in [9.17, 15) is 4.79 Å². The molecule has 0 radical (unpaired) electrons. The van der Waals surface area contributed by atoms with E-state index in [2.05, 4.69) is 38.4 Å². The number of nitrogens with zero attached hydrogens (tertiary/aromatic N) is 1. The molecule has 0 aliphatic carbocycles. The largest absolute Gasteiger partial charge is 0.444 e. The Hall–Kier alpha value is -3.64. The number of carbonyl (C=O) groups is 1. The Balaban J connectivity index is 1.39. The molecule has 0 spiro atoms. The third-order valence-corrected chi connectivity index (χ3v) is 5.11. The van der Waals surface area contributed by atoms with Gasteiger partial charge < -0.3 is 14.2 Å². The van der Waals surface area contributed by atoms with Gasteiger partial charge in [-0.05, 0) is 69.5 Å². The Kier molecular flexibility index (Phi) is 4.69. The zero-order chi connectivity index (χ0) is 20.5. The van der Waals surface area contributed by atoms with Crippen LogP contribution >= 0.6 is 15.9 Å². The number of carbonyl (C=O) groups excluding carboxylic acids is 1. The van der Waals surface area contributed by atoms with Gasteiger partial charge in [-0.15, -0.1) is 0 Å². The van der Waals surface area contributed by atoms with E-state index < -0.39 is 0 Å². The molecule has 5 nitrogen and oxygen atoms in total. The van der Waals surface area contributed by atoms with E-state index in [1.54, 1.807) is 30.3 Å². The smallest absolute Gasteiger partial charge is 0.291 e. The first-order valence-electron chi connectivity index (χ1n) is 9.29. The highest BCUT2D eigenvalue weighted by atomic mass is 79.9. The zero-order valence-electron chi connectivity index (χ0n) is 15.6. The summed E-state index contributed by atoms with van der Waals surface area (Å²) in [6.45, 7) is 0. The zero-order valence-corrected chi connectivity index (χ0v) is 17.2. The molecule has 0 atom stereocenters. The van der Waals surface area contributed by atoms with E-state index in [-0.39, 0.29) is 11.7 Å². The van der Waals surface area contributed by atoms with E-state index in [4.69, 9.17) is 8.83 Å². The van der Waals surface area contributed by atoms with Crippen LogP contribution in [0.15, 0.2) is 98.4 Å². The molecule has 0 unspecified atom stereocenters. The van der Waals surface area contributed by atoms with E-state index >= 15 is 0 Å². The summed E-state index contributed by atoms with van der Waals surface area (Å²) < 4.78 is 11.7. The first-order chi connectivity index (χ1) is 14.7. The SMILES string of the molecule is O=C(Nc1ccc2oc(-c3ccc(-c4ccccc4)cc3)nc2c1)c1ccc(Br)o1. The van der Waals surface area contributed by atoms with E-state index in [1.165, 1.54) is 0 Å². The van der Waals surface area contributed by atoms with E-state index in [0.717, 1.165) is 16.7 Å². The minimum Gasteiger partial charge on any atom is -0.444 e. The lowest BCUT2D eigenvalue weighted by Gasteiger charge is -2.02. The maximum atomic E-state index is 12.3. The van der Waals surface area contributed by atoms with E-state index in [1.807, 2.05) is 42.5 Å². The highest BCUT2D eigenvalue weighted by molar-refractivity contribution is 9.10. The van der Waals surface area contributed by atoms with E-state index in [0.29, 0.717) is 27.3 Å². The fourth-order valence-electron chi connectivity index (χ4n) is 3.19. The summed E-state index contributed by atoms with van der Waals surface area (Å²) in [5.74, 6) is 0.421. The molecule has 146 valence electrons. The van der Waals surface area contributed by atoms with Crippen molar-refractivity contribution in [2.45, 2.75) is 0 Å². The standard InChI is InChI=1S/C24H15BrN2O3/c25-22-13-12-21(29-22)23(28)26-18-10-11-20-19(14-18)27-24(30-20)17-8-6-16(7-9-17)15-4-2-1-3-5-15/h1-14H,(H,26,28). The highest BCUT2D eigenvalue weighted by Gasteiger charge is 2.13. The molecule has 6 heteroatoms. The van der Waals surface area contributed by atoms with Crippen LogP contribution in [0.4, 0.5) is 5.69 Å². The molecular formula is C24H15BrN2O3. The first-order valence-corrected chi connectivity index (χ1v) is 10.1. The number of hydrogen-bond acceptors (Lipinski definition) is 4. The Labute approximate surface area is 180 Å². The lowest BCUT2D eigenvalue weighted by atomic mass is 10.0. The van der Waals surface area contributed by atoms with Crippen molar-refractivity contribution < 1.29 is 13.6 Å². The van der Waals surface area contributed by atoms with Crippen LogP contribution in [-0.4, -0.2) is 10.9 Å². The van der Waals surface area contributed by atoms with Gasteiger partial charge in [0.1, 0.15) is 5.52 Å². The van der Waals surface area contributed by atoms with Crippen LogP contribution in [0.3, 0.4) is 0 Å². The fraction of sp³-hybridized carbons (Fsp3) is 0. The molecule has 1 amide bonds. The number of aromatic nitrogens is 1. The van der Waals surface area contributed by atoms with Gasteiger partial charge in [-0.1, -0.05) is 42.5 Å². The topological polar surface area (TPSA) is 68.3 Å². The van der Waals surface area contributed by atoms with Crippen LogP contribution in [0.2, 0.25) is 0 Å². The van der Waals surface area contributed by atoms with Crippen LogP contribution < -0.4 is 5.32 Å². The monoisotopic (exact) mass is 458 g/mol. The molecule has 5 aromatic rings. The van der Waals surface area contributed by atoms with Crippen LogP contribution in [0, 0.1) is 0 Å². The summed E-state index contributed by atoms with van der Waals surface area (Å²) in [6.07, 6.45) is 0. The predicted octanol–water partition coefficient (Wildman–Crippen LogP) is 6.77. The summed E-state index contributed by atoms with van der Waals surface area (Å²) in [5, 5.41) is 2.80. The quantitative estimate of drug-likeness (QED) is 0.322. The molecule has 0 saturated heterocycles. The summed E-state index contributed by atoms with van der Waals surface area (Å²) in [5.41, 5.74) is 5.10. The van der Waals surface area contributed by atoms with Crippen LogP contribution in [0.1, 0.15) is 10.6 Å². The second-order valence-electron chi connectivity index (χ2n) is 6.70. The highest BCUT2D eigenvalue weighted by Crippen LogP contribution is 2.28. The maximum Gasteiger partial charge on any atom is 0.291 e. The number of halogens is 1. The van der Waals surface area contributed by atoms with Crippen molar-refractivity contribution in [3.63, 3.8) is 0 Å². The van der Waals surface area contributed by atoms with Gasteiger partial charge in [0.25, 0.3) is 5.91 Å². The summed E-state index contributed by atoms with van der Waals surface area (Å²) in [4.78, 5) is 16.9. The van der Waals surface area contributed by atoms with Crippen molar-refractivity contribution in [2.75, 3.05) is 5.32 Å². The van der Waals surface area contributed by atoms with Gasteiger partial charge in [0.15, 0.2) is 16.0 Å². The minimum absolute atomic E-state index is 0.223. The second kappa shape index (κ2) is 7.65. The molecule has 0 aliphatic heterocycles. The Morgan fingerprint density at radius 1 is 0.800 bits per heavy atom. The number of hydrogen-bond donors (Lipinski definition) is 1. The fourth-order valence-corrected chi connectivity index (χ4v) is 3.50. The van der Waals surface area contributed by atoms with Gasteiger partial charge in [0.05, 0.1) is 0 Å². The Morgan fingerprint density at radius 2 is 1.53 bits per heavy atom. The molecule has 0 bridgehead atoms. The molecule has 30 heavy (non-hydrogen) atoms. The lowest BCUT2D eigenvalue weighted by molar-refractivity contribution is 0.0995. The minimum atomic E-state index is -0.333. The number of fused-ring (bicyclic) bond motifs is 1. The molecular weight excluding hydrogens is 444 g/mol. The Morgan fingerprint density at radius 3 is 2.27 bits per heavy atom. The van der Waals surface area contributed by atoms with Crippen LogP contribution in [-0.2, 0) is 0 Å². The number of nitrogens with one attached hydrogen (secondary N) is 1. The van der Waals surface area contributed by atoms with Crippen molar-refractivity contribution in [1.82, 2.24) is 4.98 Å². The first kappa shape index (κ1) is 18.4. The summed E-state index contributed by atoms with van der Waals surface area (Å²) in [6, 6.07) is 26.9. The van der Waals surface area contributed by atoms with Gasteiger partial charge in [0.2, 0.25) is 5.89 Å². The van der Waals surface area contributed by atoms with Gasteiger partial charge in [-0.25, -0.2) is 4.98 Å². The van der Waals surface area contributed by atoms with Crippen molar-refractivity contribution >= 4 is 38.6 Å². The lowest BCUT2D eigenvalue weighted by Crippen LogP contribution is -2.10. The number of oxazole rings is 1. The Bertz CT molecular complexity index is 1340. The third kappa shape index (κ3) is 3.65. The van der Waals surface area contributed by atoms with Crippen LogP contribution in [0.5, 0.6) is 0 Å². The number of benzene rings is 3. The average Bonchev–Trinajstić information content (AvgIpc) is 3.40. The normalized spacial score (nSPS) is 11.0. The van der Waals surface area contributed by atoms with Crippen molar-refractivity contribution in [2.24, 2.45) is 0 Å². The van der Waals surface area contributed by atoms with Gasteiger partial charge in [-0.2, -0.15) is 0 Å². The van der Waals surface area contributed by atoms with Crippen molar-refractivity contribution in [1.29, 1.82) is 0 Å². The molecule has 5 rings (SSSR count). The summed E-state index contributed by atoms with van der Waals surface area (Å²) >= 11 is 3.19. The molecule has 0 saturated carbocycles. The molecule has 2 heterocycles. The molecule has 2 aromatic heterocycles. The van der Waals surface area contributed by atoms with Crippen LogP contribution in [0.25, 0.3) is 33.7 Å². The van der Waals surface area contributed by atoms with Gasteiger partial charge in [0, 0.05) is 11.3 Å². The number of furan rings is 1. The second-order valence-corrected chi connectivity index (χ2v) is 7.48. The molecule has 0 aliphatic rings. The molecule has 3 aromatic carbocycles. The number of rotatable bonds is 4. The average molecular weight is 459 g/mol. The van der Waals surface area contributed by atoms with Crippen molar-refractivity contribution in [3.05, 3.63) is 95.4 Å². The van der Waals surface area contributed by atoms with Crippen molar-refractivity contribution in [3.8, 4) is 22.6 Å². The number of anilines is 1. The van der Waals surface area contributed by atoms with Gasteiger partial charge >= 0.3 is 0 Å².